The molecule has 2 aliphatic carbocycles. The number of anilines is 2. The Labute approximate surface area is 344 Å². The molecule has 2 amide bonds. The molecule has 2 fully saturated rings. The zero-order chi connectivity index (χ0) is 42.1. The highest BCUT2D eigenvalue weighted by Crippen LogP contribution is 2.67. The van der Waals surface area contributed by atoms with Crippen LogP contribution in [0.2, 0.25) is 0 Å². The number of carbonyl (C=O) groups excluding carboxylic acids is 4. The molecule has 6 nitrogen and oxygen atoms in total. The van der Waals surface area contributed by atoms with Gasteiger partial charge in [-0.05, 0) is 145 Å². The first kappa shape index (κ1) is 38.8. The summed E-state index contributed by atoms with van der Waals surface area (Å²) in [5.41, 5.74) is 5.93. The average molecular weight is 807 g/mol. The van der Waals surface area contributed by atoms with Gasteiger partial charge in [0.15, 0.2) is 11.6 Å². The highest BCUT2D eigenvalue weighted by molar-refractivity contribution is 6.13. The molecule has 6 aromatic rings. The lowest BCUT2D eigenvalue weighted by atomic mass is 9.90. The Bertz CT molecular complexity index is 2560. The Morgan fingerprint density at radius 2 is 0.900 bits per heavy atom. The Kier molecular flexibility index (Phi) is 9.41. The minimum absolute atomic E-state index is 0.0585. The van der Waals surface area contributed by atoms with Gasteiger partial charge in [-0.25, -0.2) is 17.6 Å². The molecule has 4 aliphatic rings. The first-order valence-corrected chi connectivity index (χ1v) is 19.7. The van der Waals surface area contributed by atoms with Crippen LogP contribution in [0.25, 0.3) is 0 Å². The maximum absolute atomic E-state index is 13.7. The highest BCUT2D eigenvalue weighted by atomic mass is 19.1. The second-order valence-electron chi connectivity index (χ2n) is 16.2. The van der Waals surface area contributed by atoms with E-state index in [1.54, 1.807) is 82.6 Å². The number of ketones is 2. The predicted octanol–water partition coefficient (Wildman–Crippen LogP) is 10.3. The van der Waals surface area contributed by atoms with Crippen LogP contribution < -0.4 is 9.80 Å². The van der Waals surface area contributed by atoms with Gasteiger partial charge in [-0.3, -0.25) is 19.2 Å². The average Bonchev–Trinajstić information content (AvgIpc) is 4.14. The number of nitrogens with zero attached hydrogens (tertiary/aromatic N) is 2. The molecule has 0 radical (unpaired) electrons. The van der Waals surface area contributed by atoms with Crippen molar-refractivity contribution in [2.75, 3.05) is 9.80 Å². The molecule has 300 valence electrons. The van der Waals surface area contributed by atoms with Gasteiger partial charge in [0.05, 0.1) is 23.9 Å². The van der Waals surface area contributed by atoms with Gasteiger partial charge in [0.25, 0.3) is 0 Å². The molecule has 4 atom stereocenters. The standard InChI is InChI=1S/2C25H19F2NO2/c2*1-15(29)18-7-10-23-21(12-18)25(13-22(25)17-5-8-19(26)9-6-17)24(30)28(23)14-16-3-2-4-20(27)11-16/h2*2-12,22H,13-14H2,1H3/t2*22-,25-/m10/s1. The van der Waals surface area contributed by atoms with E-state index in [4.69, 9.17) is 0 Å². The van der Waals surface area contributed by atoms with Crippen LogP contribution in [0.15, 0.2) is 133 Å². The van der Waals surface area contributed by atoms with Crippen molar-refractivity contribution >= 4 is 34.8 Å². The third kappa shape index (κ3) is 6.51. The quantitative estimate of drug-likeness (QED) is 0.113. The number of hydrogen-bond acceptors (Lipinski definition) is 4. The van der Waals surface area contributed by atoms with E-state index in [0.29, 0.717) is 35.1 Å². The number of halogens is 4. The number of Topliss-reactive ketones (excluding diaryl/α,β-unsaturated/α-hetero) is 2. The van der Waals surface area contributed by atoms with Gasteiger partial charge >= 0.3 is 0 Å². The molecule has 0 saturated heterocycles. The molecule has 0 N–H and O–H groups in total. The monoisotopic (exact) mass is 806 g/mol. The van der Waals surface area contributed by atoms with E-state index in [1.807, 2.05) is 12.1 Å². The summed E-state index contributed by atoms with van der Waals surface area (Å²) >= 11 is 0. The van der Waals surface area contributed by atoms with E-state index in [0.717, 1.165) is 33.6 Å². The van der Waals surface area contributed by atoms with Gasteiger partial charge in [-0.2, -0.15) is 0 Å². The fraction of sp³-hybridized carbons (Fsp3) is 0.200. The fourth-order valence-corrected chi connectivity index (χ4v) is 9.37. The smallest absolute Gasteiger partial charge is 0.238 e. The lowest BCUT2D eigenvalue weighted by Gasteiger charge is -2.18. The number of hydrogen-bond donors (Lipinski definition) is 0. The summed E-state index contributed by atoms with van der Waals surface area (Å²) in [6.07, 6.45) is 1.21. The van der Waals surface area contributed by atoms with Crippen molar-refractivity contribution in [3.05, 3.63) is 201 Å². The highest BCUT2D eigenvalue weighted by Gasteiger charge is 2.68. The second kappa shape index (κ2) is 14.5. The van der Waals surface area contributed by atoms with Crippen molar-refractivity contribution in [3.8, 4) is 0 Å². The molecule has 6 aromatic carbocycles. The molecule has 0 unspecified atom stereocenters. The molecule has 0 bridgehead atoms. The summed E-state index contributed by atoms with van der Waals surface area (Å²) in [7, 11) is 0. The molecule has 0 aromatic heterocycles. The maximum Gasteiger partial charge on any atom is 0.238 e. The lowest BCUT2D eigenvalue weighted by molar-refractivity contribution is -0.121. The van der Waals surface area contributed by atoms with E-state index in [1.165, 1.54) is 62.4 Å². The van der Waals surface area contributed by atoms with Crippen LogP contribution >= 0.6 is 0 Å². The first-order chi connectivity index (χ1) is 28.8. The van der Waals surface area contributed by atoms with Gasteiger partial charge < -0.3 is 9.80 Å². The predicted molar refractivity (Wildman–Crippen MR) is 219 cm³/mol. The van der Waals surface area contributed by atoms with Crippen LogP contribution in [-0.4, -0.2) is 23.4 Å². The SMILES string of the molecule is CC(=O)c1ccc2c(c1)[C@@]1(C[C@@H]1c1ccc(F)cc1)C(=O)N2Cc1cccc(F)c1.CC(=O)c1ccc2c(c1)[C@]1(C[C@H]1c1ccc(F)cc1)C(=O)N2Cc1cccc(F)c1. The Morgan fingerprint density at radius 1 is 0.517 bits per heavy atom. The Balaban J connectivity index is 0.000000154. The van der Waals surface area contributed by atoms with Crippen molar-refractivity contribution in [3.63, 3.8) is 0 Å². The van der Waals surface area contributed by atoms with E-state index in [-0.39, 0.29) is 71.6 Å². The summed E-state index contributed by atoms with van der Waals surface area (Å²) in [4.78, 5) is 54.6. The lowest BCUT2D eigenvalue weighted by Crippen LogP contribution is -2.32. The molecular formula is C50H38F4N2O4. The van der Waals surface area contributed by atoms with Gasteiger partial charge in [0.2, 0.25) is 11.8 Å². The molecule has 2 heterocycles. The van der Waals surface area contributed by atoms with E-state index < -0.39 is 10.8 Å². The molecule has 2 aliphatic heterocycles. The van der Waals surface area contributed by atoms with Crippen LogP contribution in [0.4, 0.5) is 28.9 Å². The van der Waals surface area contributed by atoms with Crippen molar-refractivity contribution in [2.24, 2.45) is 0 Å². The first-order valence-electron chi connectivity index (χ1n) is 19.7. The molecule has 10 heteroatoms. The van der Waals surface area contributed by atoms with Crippen LogP contribution in [0.5, 0.6) is 0 Å². The van der Waals surface area contributed by atoms with E-state index in [9.17, 15) is 36.7 Å². The van der Waals surface area contributed by atoms with Crippen molar-refractivity contribution in [2.45, 2.75) is 62.4 Å². The van der Waals surface area contributed by atoms with Gasteiger partial charge in [0, 0.05) is 34.3 Å². The topological polar surface area (TPSA) is 74.8 Å². The molecule has 2 saturated carbocycles. The number of rotatable bonds is 8. The van der Waals surface area contributed by atoms with E-state index >= 15 is 0 Å². The summed E-state index contributed by atoms with van der Waals surface area (Å²) in [5, 5.41) is 0. The van der Waals surface area contributed by atoms with E-state index in [2.05, 4.69) is 0 Å². The minimum Gasteiger partial charge on any atom is -0.307 e. The van der Waals surface area contributed by atoms with Crippen LogP contribution in [0.1, 0.15) is 92.6 Å². The van der Waals surface area contributed by atoms with Crippen LogP contribution in [0, 0.1) is 23.3 Å². The summed E-state index contributed by atoms with van der Waals surface area (Å²) in [6.45, 7) is 3.50. The molecular weight excluding hydrogens is 769 g/mol. The third-order valence-corrected chi connectivity index (χ3v) is 12.5. The molecule has 10 rings (SSSR count). The third-order valence-electron chi connectivity index (χ3n) is 12.5. The zero-order valence-electron chi connectivity index (χ0n) is 32.7. The van der Waals surface area contributed by atoms with Gasteiger partial charge in [-0.1, -0.05) is 48.5 Å². The number of carbonyl (C=O) groups is 4. The fourth-order valence-electron chi connectivity index (χ4n) is 9.37. The van der Waals surface area contributed by atoms with Gasteiger partial charge in [0.1, 0.15) is 23.3 Å². The summed E-state index contributed by atoms with van der Waals surface area (Å²) < 4.78 is 54.2. The minimum atomic E-state index is -0.758. The van der Waals surface area contributed by atoms with Crippen LogP contribution in [-0.2, 0) is 33.5 Å². The largest absolute Gasteiger partial charge is 0.307 e. The molecule has 60 heavy (non-hydrogen) atoms. The van der Waals surface area contributed by atoms with Crippen molar-refractivity contribution < 1.29 is 36.7 Å². The number of amides is 2. The number of benzene rings is 6. The zero-order valence-corrected chi connectivity index (χ0v) is 32.7. The second-order valence-corrected chi connectivity index (χ2v) is 16.2. The van der Waals surface area contributed by atoms with Gasteiger partial charge in [-0.15, -0.1) is 0 Å². The Hall–Kier alpha value is -6.68. The van der Waals surface area contributed by atoms with Crippen molar-refractivity contribution in [1.29, 1.82) is 0 Å². The normalized spacial score (nSPS) is 21.8. The van der Waals surface area contributed by atoms with Crippen LogP contribution in [0.3, 0.4) is 0 Å². The van der Waals surface area contributed by atoms with Crippen molar-refractivity contribution in [1.82, 2.24) is 0 Å². The summed E-state index contributed by atoms with van der Waals surface area (Å²) in [5.74, 6) is -1.75. The Morgan fingerprint density at radius 3 is 1.25 bits per heavy atom. The number of fused-ring (bicyclic) bond motifs is 4. The maximum atomic E-state index is 13.7. The molecule has 2 spiro atoms. The summed E-state index contributed by atoms with van der Waals surface area (Å²) in [6, 6.07) is 35.5.